The minimum Gasteiger partial charge on any atom is -0.292 e. The van der Waals surface area contributed by atoms with Gasteiger partial charge >= 0.3 is 0 Å². The first-order valence-corrected chi connectivity index (χ1v) is 8.46. The highest BCUT2D eigenvalue weighted by Crippen LogP contribution is 2.26. The smallest absolute Gasteiger partial charge is 0.183 e. The second kappa shape index (κ2) is 6.75. The predicted octanol–water partition coefficient (Wildman–Crippen LogP) is 5.28. The zero-order valence-corrected chi connectivity index (χ0v) is 13.3. The van der Waals surface area contributed by atoms with Gasteiger partial charge in [-0.05, 0) is 39.0 Å². The van der Waals surface area contributed by atoms with Gasteiger partial charge < -0.3 is 0 Å². The van der Waals surface area contributed by atoms with Gasteiger partial charge in [0, 0.05) is 15.2 Å². The van der Waals surface area contributed by atoms with Gasteiger partial charge in [0.2, 0.25) is 0 Å². The molecule has 0 unspecified atom stereocenters. The summed E-state index contributed by atoms with van der Waals surface area (Å²) in [6, 6.07) is 9.62. The van der Waals surface area contributed by atoms with Gasteiger partial charge in [-0.3, -0.25) is 4.79 Å². The van der Waals surface area contributed by atoms with Crippen molar-refractivity contribution in [2.24, 2.45) is 0 Å². The lowest BCUT2D eigenvalue weighted by atomic mass is 10.2. The van der Waals surface area contributed by atoms with Crippen LogP contribution in [0.3, 0.4) is 0 Å². The van der Waals surface area contributed by atoms with Gasteiger partial charge in [0.05, 0.1) is 10.6 Å². The van der Waals surface area contributed by atoms with E-state index in [2.05, 4.69) is 15.9 Å². The lowest BCUT2D eigenvalue weighted by Crippen LogP contribution is -2.00. The molecule has 0 N–H and O–H groups in total. The molecule has 0 radical (unpaired) electrons. The molecule has 94 valence electrons. The third-order valence-corrected chi connectivity index (χ3v) is 5.55. The molecule has 0 bridgehead atoms. The zero-order valence-electron chi connectivity index (χ0n) is 9.36. The van der Waals surface area contributed by atoms with E-state index in [0.29, 0.717) is 5.75 Å². The van der Waals surface area contributed by atoms with E-state index in [1.807, 2.05) is 35.7 Å². The number of rotatable bonds is 5. The Hall–Kier alpha value is -0.290. The van der Waals surface area contributed by atoms with Gasteiger partial charge in [0.25, 0.3) is 0 Å². The number of hydrogen-bond acceptors (Lipinski definition) is 3. The monoisotopic (exact) mass is 360 g/mol. The molecule has 2 rings (SSSR count). The fourth-order valence-corrected chi connectivity index (χ4v) is 4.24. The Morgan fingerprint density at radius 1 is 1.33 bits per heavy atom. The maximum atomic E-state index is 11.9. The predicted molar refractivity (Wildman–Crippen MR) is 84.0 cm³/mol. The van der Waals surface area contributed by atoms with Gasteiger partial charge in [-0.25, -0.2) is 0 Å². The van der Waals surface area contributed by atoms with Crippen molar-refractivity contribution in [3.63, 3.8) is 0 Å². The maximum absolute atomic E-state index is 11.9. The number of Topliss-reactive ketones (excluding diaryl/α,β-unsaturated/α-hetero) is 1. The molecule has 0 saturated carbocycles. The molecule has 1 nitrogen and oxygen atoms in total. The van der Waals surface area contributed by atoms with Crippen molar-refractivity contribution in [2.45, 2.75) is 5.75 Å². The first-order valence-electron chi connectivity index (χ1n) is 5.26. The highest BCUT2D eigenvalue weighted by molar-refractivity contribution is 9.10. The summed E-state index contributed by atoms with van der Waals surface area (Å²) in [6.45, 7) is 0. The van der Waals surface area contributed by atoms with Crippen molar-refractivity contribution in [1.82, 2.24) is 0 Å². The number of benzene rings is 1. The minimum atomic E-state index is 0.161. The van der Waals surface area contributed by atoms with Crippen LogP contribution in [-0.4, -0.2) is 11.5 Å². The summed E-state index contributed by atoms with van der Waals surface area (Å²) < 4.78 is 0.885. The Kier molecular flexibility index (Phi) is 5.30. The molecule has 1 heterocycles. The van der Waals surface area contributed by atoms with Gasteiger partial charge in [0.15, 0.2) is 5.78 Å². The van der Waals surface area contributed by atoms with E-state index in [0.717, 1.165) is 25.7 Å². The Morgan fingerprint density at radius 3 is 2.78 bits per heavy atom. The van der Waals surface area contributed by atoms with Gasteiger partial charge in [-0.15, -0.1) is 23.1 Å². The molecular weight excluding hydrogens is 352 g/mol. The van der Waals surface area contributed by atoms with Gasteiger partial charge in [0.1, 0.15) is 0 Å². The summed E-state index contributed by atoms with van der Waals surface area (Å²) >= 11 is 12.5. The van der Waals surface area contributed by atoms with E-state index in [1.54, 1.807) is 11.8 Å². The summed E-state index contributed by atoms with van der Waals surface area (Å²) in [4.78, 5) is 12.7. The summed E-state index contributed by atoms with van der Waals surface area (Å²) in [5.74, 6) is 1.40. The molecule has 18 heavy (non-hydrogen) atoms. The topological polar surface area (TPSA) is 17.1 Å². The third kappa shape index (κ3) is 3.60. The fraction of sp³-hybridized carbons (Fsp3) is 0.154. The maximum Gasteiger partial charge on any atom is 0.183 e. The summed E-state index contributed by atoms with van der Waals surface area (Å²) in [7, 11) is 0. The molecule has 0 aliphatic heterocycles. The third-order valence-electron chi connectivity index (χ3n) is 2.32. The molecule has 1 aromatic heterocycles. The fourth-order valence-electron chi connectivity index (χ4n) is 1.43. The quantitative estimate of drug-likeness (QED) is 0.674. The van der Waals surface area contributed by atoms with Crippen LogP contribution in [0.2, 0.25) is 5.02 Å². The Morgan fingerprint density at radius 2 is 2.11 bits per heavy atom. The second-order valence-electron chi connectivity index (χ2n) is 3.61. The Bertz CT molecular complexity index is 553. The lowest BCUT2D eigenvalue weighted by molar-refractivity contribution is 0.102. The van der Waals surface area contributed by atoms with Crippen molar-refractivity contribution < 1.29 is 4.79 Å². The van der Waals surface area contributed by atoms with Crippen LogP contribution in [0.1, 0.15) is 15.2 Å². The molecule has 0 spiro atoms. The molecule has 5 heteroatoms. The number of carbonyl (C=O) groups is 1. The van der Waals surface area contributed by atoms with E-state index < -0.39 is 0 Å². The van der Waals surface area contributed by atoms with E-state index in [1.165, 1.54) is 11.3 Å². The van der Waals surface area contributed by atoms with Crippen LogP contribution in [-0.2, 0) is 5.75 Å². The van der Waals surface area contributed by atoms with Crippen molar-refractivity contribution in [2.75, 3.05) is 5.75 Å². The normalized spacial score (nSPS) is 10.6. The standard InChI is InChI=1S/C13H10BrClOS2/c14-10-5-6-18-13(10)12(16)8-17-7-9-3-1-2-4-11(9)15/h1-6H,7-8H2. The molecule has 0 aliphatic rings. The van der Waals surface area contributed by atoms with E-state index in [-0.39, 0.29) is 5.78 Å². The number of hydrogen-bond donors (Lipinski definition) is 0. The van der Waals surface area contributed by atoms with Crippen LogP contribution < -0.4 is 0 Å². The minimum absolute atomic E-state index is 0.161. The number of carbonyl (C=O) groups excluding carboxylic acids is 1. The molecule has 1 aromatic carbocycles. The highest BCUT2D eigenvalue weighted by atomic mass is 79.9. The Labute approximate surface area is 128 Å². The van der Waals surface area contributed by atoms with Crippen LogP contribution >= 0.6 is 50.6 Å². The molecule has 0 amide bonds. The zero-order chi connectivity index (χ0) is 13.0. The van der Waals surface area contributed by atoms with Crippen molar-refractivity contribution >= 4 is 56.4 Å². The first kappa shape index (κ1) is 14.1. The van der Waals surface area contributed by atoms with E-state index in [9.17, 15) is 4.79 Å². The second-order valence-corrected chi connectivity index (χ2v) is 6.77. The van der Waals surface area contributed by atoms with Crippen molar-refractivity contribution in [3.8, 4) is 0 Å². The molecule has 2 aromatic rings. The van der Waals surface area contributed by atoms with E-state index >= 15 is 0 Å². The van der Waals surface area contributed by atoms with Crippen molar-refractivity contribution in [3.05, 3.63) is 55.6 Å². The summed E-state index contributed by atoms with van der Waals surface area (Å²) in [5, 5.41) is 2.67. The van der Waals surface area contributed by atoms with Gasteiger partial charge in [-0.2, -0.15) is 0 Å². The van der Waals surface area contributed by atoms with Crippen molar-refractivity contribution in [1.29, 1.82) is 0 Å². The molecule has 0 saturated heterocycles. The first-order chi connectivity index (χ1) is 8.68. The number of thioether (sulfide) groups is 1. The summed E-state index contributed by atoms with van der Waals surface area (Å²) in [6.07, 6.45) is 0. The summed E-state index contributed by atoms with van der Waals surface area (Å²) in [5.41, 5.74) is 1.07. The van der Waals surface area contributed by atoms with E-state index in [4.69, 9.17) is 11.6 Å². The lowest BCUT2D eigenvalue weighted by Gasteiger charge is -2.03. The van der Waals surface area contributed by atoms with Crippen LogP contribution in [0.25, 0.3) is 0 Å². The highest BCUT2D eigenvalue weighted by Gasteiger charge is 2.11. The molecule has 0 aliphatic carbocycles. The van der Waals surface area contributed by atoms with Gasteiger partial charge in [-0.1, -0.05) is 29.8 Å². The van der Waals surface area contributed by atoms with Crippen LogP contribution in [0.5, 0.6) is 0 Å². The molecular formula is C13H10BrClOS2. The molecule has 0 atom stereocenters. The van der Waals surface area contributed by atoms with Crippen LogP contribution in [0.4, 0.5) is 0 Å². The number of halogens is 2. The SMILES string of the molecule is O=C(CSCc1ccccc1Cl)c1sccc1Br. The number of thiophene rings is 1. The average molecular weight is 362 g/mol. The average Bonchev–Trinajstić information content (AvgIpc) is 2.78. The largest absolute Gasteiger partial charge is 0.292 e. The van der Waals surface area contributed by atoms with Crippen LogP contribution in [0.15, 0.2) is 40.2 Å². The Balaban J connectivity index is 1.88. The molecule has 0 fully saturated rings. The number of ketones is 1. The van der Waals surface area contributed by atoms with Crippen LogP contribution in [0, 0.1) is 0 Å².